The zero-order valence-corrected chi connectivity index (χ0v) is 9.46. The van der Waals surface area contributed by atoms with Crippen molar-refractivity contribution in [3.8, 4) is 0 Å². The Morgan fingerprint density at radius 2 is 2.50 bits per heavy atom. The Balaban J connectivity index is 1.89. The molecule has 0 aromatic carbocycles. The Labute approximate surface area is 94.4 Å². The third kappa shape index (κ3) is 2.38. The molecule has 1 aliphatic heterocycles. The predicted molar refractivity (Wildman–Crippen MR) is 58.3 cm³/mol. The summed E-state index contributed by atoms with van der Waals surface area (Å²) in [5, 5.41) is 7.94. The Morgan fingerprint density at radius 1 is 1.69 bits per heavy atom. The van der Waals surface area contributed by atoms with Crippen molar-refractivity contribution in [3.63, 3.8) is 0 Å². The first-order valence-electron chi connectivity index (χ1n) is 5.53. The van der Waals surface area contributed by atoms with E-state index in [2.05, 4.69) is 10.3 Å². The molecule has 0 unspecified atom stereocenters. The van der Waals surface area contributed by atoms with E-state index in [0.717, 1.165) is 31.7 Å². The molecule has 0 bridgehead atoms. The molecule has 1 saturated heterocycles. The van der Waals surface area contributed by atoms with Crippen molar-refractivity contribution < 1.29 is 4.79 Å². The van der Waals surface area contributed by atoms with E-state index in [-0.39, 0.29) is 5.91 Å². The average molecular weight is 223 g/mol. The maximum atomic E-state index is 11.2. The van der Waals surface area contributed by atoms with Crippen molar-refractivity contribution in [2.24, 2.45) is 11.7 Å². The van der Waals surface area contributed by atoms with Crippen LogP contribution in [0.3, 0.4) is 0 Å². The summed E-state index contributed by atoms with van der Waals surface area (Å²) in [7, 11) is 0. The number of carbonyl (C=O) groups excluding carboxylic acids is 1. The number of nitrogens with two attached hydrogens (primary N) is 1. The highest BCUT2D eigenvalue weighted by Crippen LogP contribution is 2.17. The van der Waals surface area contributed by atoms with Gasteiger partial charge in [-0.1, -0.05) is 5.21 Å². The second-order valence-corrected chi connectivity index (χ2v) is 4.26. The Hall–Kier alpha value is -1.43. The SMILES string of the molecule is CC(=O)N1CC[C@@H](Cn2cc(CN)nn2)C1. The number of aromatic nitrogens is 3. The van der Waals surface area contributed by atoms with Gasteiger partial charge in [-0.15, -0.1) is 5.10 Å². The second-order valence-electron chi connectivity index (χ2n) is 4.26. The molecule has 88 valence electrons. The number of carbonyl (C=O) groups is 1. The fourth-order valence-corrected chi connectivity index (χ4v) is 2.05. The van der Waals surface area contributed by atoms with Crippen LogP contribution in [0.25, 0.3) is 0 Å². The minimum Gasteiger partial charge on any atom is -0.343 e. The van der Waals surface area contributed by atoms with Crippen LogP contribution in [0, 0.1) is 5.92 Å². The number of hydrogen-bond acceptors (Lipinski definition) is 4. The van der Waals surface area contributed by atoms with Crippen LogP contribution in [0.5, 0.6) is 0 Å². The molecular formula is C10H17N5O. The molecule has 1 aromatic heterocycles. The molecule has 2 N–H and O–H groups in total. The topological polar surface area (TPSA) is 77.0 Å². The summed E-state index contributed by atoms with van der Waals surface area (Å²) in [4.78, 5) is 13.0. The van der Waals surface area contributed by atoms with Gasteiger partial charge in [-0.05, 0) is 12.3 Å². The van der Waals surface area contributed by atoms with Crippen LogP contribution in [-0.4, -0.2) is 38.9 Å². The van der Waals surface area contributed by atoms with Gasteiger partial charge in [-0.3, -0.25) is 9.48 Å². The molecule has 16 heavy (non-hydrogen) atoms. The molecule has 1 fully saturated rings. The lowest BCUT2D eigenvalue weighted by atomic mass is 10.1. The summed E-state index contributed by atoms with van der Waals surface area (Å²) in [5.74, 6) is 0.639. The molecule has 1 aromatic rings. The molecule has 1 aliphatic rings. The number of nitrogens with zero attached hydrogens (tertiary/aromatic N) is 4. The van der Waals surface area contributed by atoms with Crippen molar-refractivity contribution in [2.75, 3.05) is 13.1 Å². The molecule has 6 nitrogen and oxygen atoms in total. The van der Waals surface area contributed by atoms with E-state index in [0.29, 0.717) is 12.5 Å². The summed E-state index contributed by atoms with van der Waals surface area (Å²) >= 11 is 0. The number of amides is 1. The normalized spacial score (nSPS) is 20.4. The van der Waals surface area contributed by atoms with Crippen molar-refractivity contribution in [1.82, 2.24) is 19.9 Å². The lowest BCUT2D eigenvalue weighted by molar-refractivity contribution is -0.127. The smallest absolute Gasteiger partial charge is 0.219 e. The van der Waals surface area contributed by atoms with Crippen LogP contribution in [-0.2, 0) is 17.9 Å². The minimum absolute atomic E-state index is 0.156. The lowest BCUT2D eigenvalue weighted by Gasteiger charge is -2.13. The van der Waals surface area contributed by atoms with Gasteiger partial charge in [0.2, 0.25) is 5.91 Å². The Morgan fingerprint density at radius 3 is 3.06 bits per heavy atom. The van der Waals surface area contributed by atoms with Gasteiger partial charge in [0, 0.05) is 39.3 Å². The van der Waals surface area contributed by atoms with Crippen LogP contribution in [0.1, 0.15) is 19.0 Å². The van der Waals surface area contributed by atoms with Crippen LogP contribution in [0.15, 0.2) is 6.20 Å². The highest BCUT2D eigenvalue weighted by atomic mass is 16.2. The number of rotatable bonds is 3. The standard InChI is InChI=1S/C10H17N5O/c1-8(16)14-3-2-9(5-14)6-15-7-10(4-11)12-13-15/h7,9H,2-6,11H2,1H3/t9-/m1/s1. The van der Waals surface area contributed by atoms with Crippen LogP contribution in [0.2, 0.25) is 0 Å². The zero-order valence-electron chi connectivity index (χ0n) is 9.46. The van der Waals surface area contributed by atoms with Gasteiger partial charge in [0.15, 0.2) is 0 Å². The average Bonchev–Trinajstić information content (AvgIpc) is 2.87. The zero-order chi connectivity index (χ0) is 11.5. The second kappa shape index (κ2) is 4.61. The lowest BCUT2D eigenvalue weighted by Crippen LogP contribution is -2.26. The van der Waals surface area contributed by atoms with E-state index in [4.69, 9.17) is 5.73 Å². The first kappa shape index (κ1) is 11.1. The summed E-state index contributed by atoms with van der Waals surface area (Å²) in [5.41, 5.74) is 6.27. The third-order valence-corrected chi connectivity index (χ3v) is 2.97. The highest BCUT2D eigenvalue weighted by molar-refractivity contribution is 5.73. The summed E-state index contributed by atoms with van der Waals surface area (Å²) in [6.07, 6.45) is 2.91. The first-order valence-corrected chi connectivity index (χ1v) is 5.53. The molecule has 0 spiro atoms. The maximum Gasteiger partial charge on any atom is 0.219 e. The number of hydrogen-bond donors (Lipinski definition) is 1. The van der Waals surface area contributed by atoms with Crippen molar-refractivity contribution in [3.05, 3.63) is 11.9 Å². The van der Waals surface area contributed by atoms with Gasteiger partial charge in [0.25, 0.3) is 0 Å². The quantitative estimate of drug-likeness (QED) is 0.756. The fraction of sp³-hybridized carbons (Fsp3) is 0.700. The molecular weight excluding hydrogens is 206 g/mol. The molecule has 2 heterocycles. The largest absolute Gasteiger partial charge is 0.343 e. The molecule has 0 radical (unpaired) electrons. The van der Waals surface area contributed by atoms with E-state index in [1.54, 1.807) is 6.92 Å². The van der Waals surface area contributed by atoms with Gasteiger partial charge < -0.3 is 10.6 Å². The van der Waals surface area contributed by atoms with Crippen LogP contribution >= 0.6 is 0 Å². The maximum absolute atomic E-state index is 11.2. The van der Waals surface area contributed by atoms with Gasteiger partial charge in [-0.2, -0.15) is 0 Å². The predicted octanol–water partition coefficient (Wildman–Crippen LogP) is -0.395. The Bertz CT molecular complexity index is 375. The van der Waals surface area contributed by atoms with E-state index in [1.165, 1.54) is 0 Å². The van der Waals surface area contributed by atoms with E-state index in [9.17, 15) is 4.79 Å². The summed E-state index contributed by atoms with van der Waals surface area (Å²) in [6.45, 7) is 4.54. The summed E-state index contributed by atoms with van der Waals surface area (Å²) in [6, 6.07) is 0. The third-order valence-electron chi connectivity index (χ3n) is 2.97. The van der Waals surface area contributed by atoms with Crippen molar-refractivity contribution in [2.45, 2.75) is 26.4 Å². The van der Waals surface area contributed by atoms with Gasteiger partial charge in [-0.25, -0.2) is 0 Å². The molecule has 6 heteroatoms. The summed E-state index contributed by atoms with van der Waals surface area (Å²) < 4.78 is 1.82. The van der Waals surface area contributed by atoms with Crippen LogP contribution < -0.4 is 5.73 Å². The highest BCUT2D eigenvalue weighted by Gasteiger charge is 2.24. The van der Waals surface area contributed by atoms with Gasteiger partial charge in [0.05, 0.1) is 5.69 Å². The molecule has 2 rings (SSSR count). The van der Waals surface area contributed by atoms with E-state index < -0.39 is 0 Å². The fourth-order valence-electron chi connectivity index (χ4n) is 2.05. The van der Waals surface area contributed by atoms with Crippen molar-refractivity contribution in [1.29, 1.82) is 0 Å². The van der Waals surface area contributed by atoms with Crippen LogP contribution in [0.4, 0.5) is 0 Å². The molecule has 0 saturated carbocycles. The Kier molecular flexibility index (Phi) is 3.19. The van der Waals surface area contributed by atoms with Crippen molar-refractivity contribution >= 4 is 5.91 Å². The molecule has 0 aliphatic carbocycles. The monoisotopic (exact) mass is 223 g/mol. The van der Waals surface area contributed by atoms with E-state index in [1.807, 2.05) is 15.8 Å². The van der Waals surface area contributed by atoms with Gasteiger partial charge in [0.1, 0.15) is 0 Å². The van der Waals surface area contributed by atoms with Gasteiger partial charge >= 0.3 is 0 Å². The molecule has 1 atom stereocenters. The van der Waals surface area contributed by atoms with E-state index >= 15 is 0 Å². The first-order chi connectivity index (χ1) is 7.69. The molecule has 1 amide bonds. The number of likely N-dealkylation sites (tertiary alicyclic amines) is 1. The minimum atomic E-state index is 0.156.